The Morgan fingerprint density at radius 1 is 1.10 bits per heavy atom. The van der Waals surface area contributed by atoms with Crippen LogP contribution < -0.4 is 10.2 Å². The Morgan fingerprint density at radius 2 is 1.81 bits per heavy atom. The van der Waals surface area contributed by atoms with E-state index >= 15 is 0 Å². The van der Waals surface area contributed by atoms with Crippen LogP contribution in [-0.4, -0.2) is 29.7 Å². The first-order chi connectivity index (χ1) is 10.2. The summed E-state index contributed by atoms with van der Waals surface area (Å²) in [5.74, 6) is 0.958. The molecule has 0 unspecified atom stereocenters. The van der Waals surface area contributed by atoms with E-state index in [-0.39, 0.29) is 0 Å². The van der Waals surface area contributed by atoms with Gasteiger partial charge in [-0.05, 0) is 37.1 Å². The number of rotatable bonds is 4. The highest BCUT2D eigenvalue weighted by Gasteiger charge is 2.15. The van der Waals surface area contributed by atoms with Crippen molar-refractivity contribution in [2.75, 3.05) is 24.3 Å². The van der Waals surface area contributed by atoms with Gasteiger partial charge < -0.3 is 10.2 Å². The fourth-order valence-electron chi connectivity index (χ4n) is 2.96. The Morgan fingerprint density at radius 3 is 2.48 bits per heavy atom. The number of anilines is 2. The standard InChI is InChI=1S/C17H24N4/c1-20(2)15-8-10-16(11-9-15)21-13-12-18-17(21)19-14-6-4-3-5-7-14/h8-14H,3-7H2,1-2H3,(H,18,19). The minimum atomic E-state index is 0.570. The summed E-state index contributed by atoms with van der Waals surface area (Å²) in [7, 11) is 4.12. The zero-order valence-electron chi connectivity index (χ0n) is 12.9. The molecule has 1 saturated carbocycles. The van der Waals surface area contributed by atoms with Crippen molar-refractivity contribution in [3.8, 4) is 5.69 Å². The number of nitrogens with zero attached hydrogens (tertiary/aromatic N) is 3. The van der Waals surface area contributed by atoms with Crippen molar-refractivity contribution in [1.29, 1.82) is 0 Å². The third kappa shape index (κ3) is 3.20. The molecule has 0 saturated heterocycles. The van der Waals surface area contributed by atoms with E-state index in [1.807, 2.05) is 12.4 Å². The molecule has 21 heavy (non-hydrogen) atoms. The summed E-state index contributed by atoms with van der Waals surface area (Å²) >= 11 is 0. The lowest BCUT2D eigenvalue weighted by Gasteiger charge is -2.23. The molecule has 1 aliphatic rings. The molecule has 0 aliphatic heterocycles. The summed E-state index contributed by atoms with van der Waals surface area (Å²) in [6.07, 6.45) is 10.4. The first-order valence-electron chi connectivity index (χ1n) is 7.82. The van der Waals surface area contributed by atoms with Gasteiger partial charge in [0.25, 0.3) is 0 Å². The van der Waals surface area contributed by atoms with Gasteiger partial charge in [-0.15, -0.1) is 0 Å². The summed E-state index contributed by atoms with van der Waals surface area (Å²) in [6, 6.07) is 9.13. The normalized spacial score (nSPS) is 15.9. The highest BCUT2D eigenvalue weighted by atomic mass is 15.2. The third-order valence-corrected chi connectivity index (χ3v) is 4.22. The van der Waals surface area contributed by atoms with E-state index in [2.05, 4.69) is 58.1 Å². The van der Waals surface area contributed by atoms with Gasteiger partial charge in [-0.25, -0.2) is 4.98 Å². The molecule has 4 nitrogen and oxygen atoms in total. The second kappa shape index (κ2) is 6.20. The van der Waals surface area contributed by atoms with Crippen LogP contribution in [0.4, 0.5) is 11.6 Å². The van der Waals surface area contributed by atoms with Crippen LogP contribution in [0.3, 0.4) is 0 Å². The van der Waals surface area contributed by atoms with Crippen LogP contribution in [0.15, 0.2) is 36.7 Å². The number of hydrogen-bond donors (Lipinski definition) is 1. The molecule has 0 radical (unpaired) electrons. The third-order valence-electron chi connectivity index (χ3n) is 4.22. The Bertz CT molecular complexity index is 565. The van der Waals surface area contributed by atoms with Crippen molar-refractivity contribution in [3.05, 3.63) is 36.7 Å². The molecule has 1 fully saturated rings. The molecule has 2 aromatic rings. The zero-order chi connectivity index (χ0) is 14.7. The van der Waals surface area contributed by atoms with Gasteiger partial charge in [-0.1, -0.05) is 19.3 Å². The van der Waals surface area contributed by atoms with Crippen LogP contribution in [0.5, 0.6) is 0 Å². The van der Waals surface area contributed by atoms with Crippen molar-refractivity contribution in [3.63, 3.8) is 0 Å². The number of hydrogen-bond acceptors (Lipinski definition) is 3. The molecule has 1 aromatic carbocycles. The second-order valence-corrected chi connectivity index (χ2v) is 6.01. The van der Waals surface area contributed by atoms with Crippen molar-refractivity contribution < 1.29 is 0 Å². The predicted octanol–water partition coefficient (Wildman–Crippen LogP) is 3.68. The van der Waals surface area contributed by atoms with Crippen LogP contribution in [0.25, 0.3) is 5.69 Å². The van der Waals surface area contributed by atoms with E-state index in [1.54, 1.807) is 0 Å². The van der Waals surface area contributed by atoms with Gasteiger partial charge in [0.05, 0.1) is 0 Å². The summed E-state index contributed by atoms with van der Waals surface area (Å²) in [5, 5.41) is 3.61. The molecule has 0 amide bonds. The van der Waals surface area contributed by atoms with E-state index in [4.69, 9.17) is 0 Å². The molecular weight excluding hydrogens is 260 g/mol. The fraction of sp³-hybridized carbons (Fsp3) is 0.471. The molecule has 1 N–H and O–H groups in total. The summed E-state index contributed by atoms with van der Waals surface area (Å²) in [5.41, 5.74) is 2.36. The van der Waals surface area contributed by atoms with Crippen LogP contribution in [-0.2, 0) is 0 Å². The Labute approximate surface area is 126 Å². The number of nitrogens with one attached hydrogen (secondary N) is 1. The SMILES string of the molecule is CN(C)c1ccc(-n2ccnc2NC2CCCCC2)cc1. The smallest absolute Gasteiger partial charge is 0.207 e. The van der Waals surface area contributed by atoms with Gasteiger partial charge in [-0.3, -0.25) is 4.57 Å². The first kappa shape index (κ1) is 14.0. The lowest BCUT2D eigenvalue weighted by Crippen LogP contribution is -2.24. The number of aromatic nitrogens is 2. The second-order valence-electron chi connectivity index (χ2n) is 6.01. The molecule has 0 spiro atoms. The van der Waals surface area contributed by atoms with Gasteiger partial charge >= 0.3 is 0 Å². The van der Waals surface area contributed by atoms with Gasteiger partial charge in [0.2, 0.25) is 5.95 Å². The number of benzene rings is 1. The maximum atomic E-state index is 4.49. The van der Waals surface area contributed by atoms with E-state index in [0.717, 1.165) is 11.6 Å². The van der Waals surface area contributed by atoms with Crippen LogP contribution in [0, 0.1) is 0 Å². The molecule has 112 valence electrons. The molecular formula is C17H24N4. The van der Waals surface area contributed by atoms with Crippen molar-refractivity contribution >= 4 is 11.6 Å². The lowest BCUT2D eigenvalue weighted by atomic mass is 9.96. The molecule has 1 aromatic heterocycles. The quantitative estimate of drug-likeness (QED) is 0.929. The molecule has 0 atom stereocenters. The van der Waals surface area contributed by atoms with Crippen LogP contribution in [0.2, 0.25) is 0 Å². The van der Waals surface area contributed by atoms with Crippen LogP contribution in [0.1, 0.15) is 32.1 Å². The highest BCUT2D eigenvalue weighted by molar-refractivity contribution is 5.52. The van der Waals surface area contributed by atoms with Crippen molar-refractivity contribution in [2.45, 2.75) is 38.1 Å². The zero-order valence-corrected chi connectivity index (χ0v) is 12.9. The summed E-state index contributed by atoms with van der Waals surface area (Å²) < 4.78 is 2.13. The highest BCUT2D eigenvalue weighted by Crippen LogP contribution is 2.23. The minimum Gasteiger partial charge on any atom is -0.378 e. The van der Waals surface area contributed by atoms with Gasteiger partial charge in [-0.2, -0.15) is 0 Å². The Kier molecular flexibility index (Phi) is 4.13. The maximum Gasteiger partial charge on any atom is 0.207 e. The lowest BCUT2D eigenvalue weighted by molar-refractivity contribution is 0.460. The van der Waals surface area contributed by atoms with Gasteiger partial charge in [0.1, 0.15) is 0 Å². The fourth-order valence-corrected chi connectivity index (χ4v) is 2.96. The van der Waals surface area contributed by atoms with Crippen LogP contribution >= 0.6 is 0 Å². The summed E-state index contributed by atoms with van der Waals surface area (Å²) in [6.45, 7) is 0. The van der Waals surface area contributed by atoms with Gasteiger partial charge in [0.15, 0.2) is 0 Å². The monoisotopic (exact) mass is 284 g/mol. The van der Waals surface area contributed by atoms with E-state index in [9.17, 15) is 0 Å². The first-order valence-corrected chi connectivity index (χ1v) is 7.82. The largest absolute Gasteiger partial charge is 0.378 e. The Hall–Kier alpha value is -1.97. The number of imidazole rings is 1. The molecule has 0 bridgehead atoms. The maximum absolute atomic E-state index is 4.49. The average molecular weight is 284 g/mol. The van der Waals surface area contributed by atoms with E-state index < -0.39 is 0 Å². The Balaban J connectivity index is 1.77. The predicted molar refractivity (Wildman–Crippen MR) is 88.4 cm³/mol. The average Bonchev–Trinajstić information content (AvgIpc) is 2.96. The summed E-state index contributed by atoms with van der Waals surface area (Å²) in [4.78, 5) is 6.60. The van der Waals surface area contributed by atoms with Gasteiger partial charge in [0, 0.05) is 43.9 Å². The van der Waals surface area contributed by atoms with E-state index in [1.165, 1.54) is 37.8 Å². The molecule has 1 aliphatic carbocycles. The molecule has 3 rings (SSSR count). The van der Waals surface area contributed by atoms with Crippen molar-refractivity contribution in [2.24, 2.45) is 0 Å². The van der Waals surface area contributed by atoms with Crippen molar-refractivity contribution in [1.82, 2.24) is 9.55 Å². The van der Waals surface area contributed by atoms with E-state index in [0.29, 0.717) is 6.04 Å². The minimum absolute atomic E-state index is 0.570. The molecule has 4 heteroatoms. The topological polar surface area (TPSA) is 33.1 Å². The molecule has 1 heterocycles.